The zero-order valence-corrected chi connectivity index (χ0v) is 15.5. The number of hydrogen-bond acceptors (Lipinski definition) is 3. The van der Waals surface area contributed by atoms with Crippen molar-refractivity contribution in [1.29, 1.82) is 0 Å². The highest BCUT2D eigenvalue weighted by molar-refractivity contribution is 6.30. The molecular weight excluding hydrogens is 324 g/mol. The van der Waals surface area contributed by atoms with Crippen LogP contribution in [-0.4, -0.2) is 56.8 Å². The van der Waals surface area contributed by atoms with Crippen molar-refractivity contribution in [3.63, 3.8) is 0 Å². The lowest BCUT2D eigenvalue weighted by Crippen LogP contribution is -2.42. The molecule has 0 heterocycles. The Balaban J connectivity index is 1.80. The predicted octanol–water partition coefficient (Wildman–Crippen LogP) is 2.51. The molecule has 1 aromatic rings. The van der Waals surface area contributed by atoms with Gasteiger partial charge in [-0.2, -0.15) is 0 Å². The van der Waals surface area contributed by atoms with E-state index in [0.29, 0.717) is 6.54 Å². The lowest BCUT2D eigenvalue weighted by Gasteiger charge is -2.22. The molecule has 0 bridgehead atoms. The fraction of sp³-hybridized carbons (Fsp3) is 0.611. The van der Waals surface area contributed by atoms with Crippen molar-refractivity contribution < 1.29 is 4.74 Å². The Morgan fingerprint density at radius 3 is 2.83 bits per heavy atom. The summed E-state index contributed by atoms with van der Waals surface area (Å²) >= 11 is 6.02. The summed E-state index contributed by atoms with van der Waals surface area (Å²) in [6, 6.07) is 8.57. The average molecular weight is 353 g/mol. The van der Waals surface area contributed by atoms with Gasteiger partial charge in [0.05, 0.1) is 13.2 Å². The average Bonchev–Trinajstić information content (AvgIpc) is 3.40. The lowest BCUT2D eigenvalue weighted by atomic mass is 10.2. The van der Waals surface area contributed by atoms with Gasteiger partial charge in [-0.05, 0) is 37.5 Å². The highest BCUT2D eigenvalue weighted by Crippen LogP contribution is 2.25. The normalized spacial score (nSPS) is 14.9. The van der Waals surface area contributed by atoms with Gasteiger partial charge >= 0.3 is 0 Å². The molecule has 0 atom stereocenters. The molecule has 1 saturated carbocycles. The van der Waals surface area contributed by atoms with Crippen molar-refractivity contribution in [2.75, 3.05) is 39.9 Å². The van der Waals surface area contributed by atoms with E-state index in [9.17, 15) is 0 Å². The highest BCUT2D eigenvalue weighted by atomic mass is 35.5. The first-order chi connectivity index (χ1) is 11.7. The van der Waals surface area contributed by atoms with E-state index in [-0.39, 0.29) is 0 Å². The number of halogens is 1. The molecule has 5 nitrogen and oxygen atoms in total. The van der Waals surface area contributed by atoms with Crippen LogP contribution >= 0.6 is 11.6 Å². The zero-order valence-electron chi connectivity index (χ0n) is 14.7. The second-order valence-corrected chi connectivity index (χ2v) is 6.45. The Morgan fingerprint density at radius 2 is 2.17 bits per heavy atom. The minimum absolute atomic E-state index is 0.617. The fourth-order valence-electron chi connectivity index (χ4n) is 2.59. The monoisotopic (exact) mass is 352 g/mol. The molecule has 0 radical (unpaired) electrons. The molecule has 2 N–H and O–H groups in total. The van der Waals surface area contributed by atoms with Gasteiger partial charge in [0.2, 0.25) is 0 Å². The molecule has 134 valence electrons. The molecule has 0 amide bonds. The second kappa shape index (κ2) is 10.5. The van der Waals surface area contributed by atoms with Gasteiger partial charge in [-0.3, -0.25) is 4.90 Å². The van der Waals surface area contributed by atoms with Crippen LogP contribution in [0.25, 0.3) is 0 Å². The third kappa shape index (κ3) is 7.07. The van der Waals surface area contributed by atoms with E-state index >= 15 is 0 Å². The topological polar surface area (TPSA) is 48.9 Å². The van der Waals surface area contributed by atoms with Gasteiger partial charge in [-0.25, -0.2) is 4.99 Å². The number of benzene rings is 1. The fourth-order valence-corrected chi connectivity index (χ4v) is 2.80. The van der Waals surface area contributed by atoms with Crippen LogP contribution < -0.4 is 10.6 Å². The predicted molar refractivity (Wildman–Crippen MR) is 101 cm³/mol. The van der Waals surface area contributed by atoms with Gasteiger partial charge in [0.15, 0.2) is 5.96 Å². The molecular formula is C18H29ClN4O. The minimum atomic E-state index is 0.617. The molecule has 1 fully saturated rings. The number of ether oxygens (including phenoxy) is 1. The molecule has 24 heavy (non-hydrogen) atoms. The van der Waals surface area contributed by atoms with Crippen molar-refractivity contribution in [1.82, 2.24) is 15.5 Å². The van der Waals surface area contributed by atoms with Crippen molar-refractivity contribution in [2.24, 2.45) is 4.99 Å². The molecule has 0 saturated heterocycles. The summed E-state index contributed by atoms with van der Waals surface area (Å²) in [5.41, 5.74) is 1.11. The van der Waals surface area contributed by atoms with Crippen LogP contribution in [0, 0.1) is 0 Å². The van der Waals surface area contributed by atoms with Gasteiger partial charge in [-0.1, -0.05) is 23.7 Å². The van der Waals surface area contributed by atoms with Crippen LogP contribution in [-0.2, 0) is 11.3 Å². The molecule has 2 rings (SSSR count). The molecule has 0 aromatic heterocycles. The van der Waals surface area contributed by atoms with E-state index in [1.807, 2.05) is 24.3 Å². The molecule has 0 aliphatic heterocycles. The van der Waals surface area contributed by atoms with Crippen LogP contribution in [0.4, 0.5) is 0 Å². The second-order valence-electron chi connectivity index (χ2n) is 6.01. The molecule has 0 spiro atoms. The standard InChI is InChI=1S/C18H29ClN4O/c1-3-20-18(22-14-15-5-4-6-16(19)13-15)21-9-10-23(11-12-24-2)17-7-8-17/h4-6,13,17H,3,7-12,14H2,1-2H3,(H2,20,21,22). The van der Waals surface area contributed by atoms with E-state index in [1.54, 1.807) is 7.11 Å². The number of hydrogen-bond donors (Lipinski definition) is 2. The Morgan fingerprint density at radius 1 is 1.33 bits per heavy atom. The maximum Gasteiger partial charge on any atom is 0.191 e. The van der Waals surface area contributed by atoms with Crippen LogP contribution in [0.2, 0.25) is 5.02 Å². The summed E-state index contributed by atoms with van der Waals surface area (Å²) in [5.74, 6) is 0.847. The Kier molecular flexibility index (Phi) is 8.36. The molecule has 1 aliphatic carbocycles. The van der Waals surface area contributed by atoms with Crippen LogP contribution in [0.5, 0.6) is 0 Å². The van der Waals surface area contributed by atoms with E-state index in [2.05, 4.69) is 27.4 Å². The van der Waals surface area contributed by atoms with Gasteiger partial charge in [0.1, 0.15) is 0 Å². The summed E-state index contributed by atoms with van der Waals surface area (Å²) in [7, 11) is 1.76. The quantitative estimate of drug-likeness (QED) is 0.502. The number of guanidine groups is 1. The third-order valence-corrected chi connectivity index (χ3v) is 4.23. The first-order valence-electron chi connectivity index (χ1n) is 8.72. The molecule has 6 heteroatoms. The first kappa shape index (κ1) is 19.0. The summed E-state index contributed by atoms with van der Waals surface area (Å²) in [4.78, 5) is 7.13. The van der Waals surface area contributed by atoms with Crippen molar-refractivity contribution >= 4 is 17.6 Å². The maximum absolute atomic E-state index is 6.02. The van der Waals surface area contributed by atoms with Crippen molar-refractivity contribution in [3.8, 4) is 0 Å². The SMILES string of the molecule is CCNC(=NCc1cccc(Cl)c1)NCCN(CCOC)C1CC1. The summed E-state index contributed by atoms with van der Waals surface area (Å²) in [6.07, 6.45) is 2.62. The third-order valence-electron chi connectivity index (χ3n) is 3.99. The highest BCUT2D eigenvalue weighted by Gasteiger charge is 2.28. The Bertz CT molecular complexity index is 519. The number of rotatable bonds is 10. The smallest absolute Gasteiger partial charge is 0.191 e. The largest absolute Gasteiger partial charge is 0.383 e. The van der Waals surface area contributed by atoms with E-state index < -0.39 is 0 Å². The van der Waals surface area contributed by atoms with Crippen molar-refractivity contribution in [3.05, 3.63) is 34.9 Å². The van der Waals surface area contributed by atoms with E-state index in [0.717, 1.165) is 55.4 Å². The Hall–Kier alpha value is -1.30. The van der Waals surface area contributed by atoms with Crippen LogP contribution in [0.3, 0.4) is 0 Å². The zero-order chi connectivity index (χ0) is 17.2. The van der Waals surface area contributed by atoms with Gasteiger partial charge < -0.3 is 15.4 Å². The maximum atomic E-state index is 6.02. The van der Waals surface area contributed by atoms with E-state index in [1.165, 1.54) is 12.8 Å². The van der Waals surface area contributed by atoms with Crippen LogP contribution in [0.15, 0.2) is 29.3 Å². The number of methoxy groups -OCH3 is 1. The number of nitrogens with zero attached hydrogens (tertiary/aromatic N) is 2. The Labute approximate surface area is 150 Å². The number of nitrogens with one attached hydrogen (secondary N) is 2. The van der Waals surface area contributed by atoms with Crippen LogP contribution in [0.1, 0.15) is 25.3 Å². The van der Waals surface area contributed by atoms with Gasteiger partial charge in [0, 0.05) is 44.4 Å². The lowest BCUT2D eigenvalue weighted by molar-refractivity contribution is 0.144. The van der Waals surface area contributed by atoms with Gasteiger partial charge in [-0.15, -0.1) is 0 Å². The van der Waals surface area contributed by atoms with Crippen molar-refractivity contribution in [2.45, 2.75) is 32.4 Å². The molecule has 1 aromatic carbocycles. The summed E-state index contributed by atoms with van der Waals surface area (Å²) in [6.45, 7) is 7.21. The minimum Gasteiger partial charge on any atom is -0.383 e. The summed E-state index contributed by atoms with van der Waals surface area (Å²) < 4.78 is 5.20. The number of aliphatic imine (C=N–C) groups is 1. The molecule has 0 unspecified atom stereocenters. The molecule has 1 aliphatic rings. The first-order valence-corrected chi connectivity index (χ1v) is 9.10. The van der Waals surface area contributed by atoms with Gasteiger partial charge in [0.25, 0.3) is 0 Å². The summed E-state index contributed by atoms with van der Waals surface area (Å²) in [5, 5.41) is 7.46. The van der Waals surface area contributed by atoms with E-state index in [4.69, 9.17) is 16.3 Å².